The predicted molar refractivity (Wildman–Crippen MR) is 88.3 cm³/mol. The summed E-state index contributed by atoms with van der Waals surface area (Å²) in [5.74, 6) is -0.258. The predicted octanol–water partition coefficient (Wildman–Crippen LogP) is 2.35. The molecule has 0 radical (unpaired) electrons. The quantitative estimate of drug-likeness (QED) is 0.928. The van der Waals surface area contributed by atoms with Gasteiger partial charge < -0.3 is 5.32 Å². The van der Waals surface area contributed by atoms with Gasteiger partial charge >= 0.3 is 0 Å². The van der Waals surface area contributed by atoms with E-state index in [1.165, 1.54) is 9.87 Å². The topological polar surface area (TPSA) is 66.5 Å². The SMILES string of the molecule is CC(C)(C)c1ccc(NC(=O)[C@@H]2CCCN2S(C)(=O)=O)cc1. The summed E-state index contributed by atoms with van der Waals surface area (Å²) in [6, 6.07) is 7.09. The number of hydrogen-bond donors (Lipinski definition) is 1. The van der Waals surface area contributed by atoms with E-state index in [9.17, 15) is 13.2 Å². The van der Waals surface area contributed by atoms with Crippen LogP contribution in [0.1, 0.15) is 39.2 Å². The van der Waals surface area contributed by atoms with Crippen LogP contribution in [0.5, 0.6) is 0 Å². The molecule has 0 aromatic heterocycles. The summed E-state index contributed by atoms with van der Waals surface area (Å²) in [7, 11) is -3.34. The molecule has 5 nitrogen and oxygen atoms in total. The van der Waals surface area contributed by atoms with Crippen molar-refractivity contribution in [1.29, 1.82) is 0 Å². The third-order valence-corrected chi connectivity index (χ3v) is 5.24. The van der Waals surface area contributed by atoms with E-state index < -0.39 is 16.1 Å². The van der Waals surface area contributed by atoms with Crippen LogP contribution >= 0.6 is 0 Å². The highest BCUT2D eigenvalue weighted by Crippen LogP contribution is 2.25. The number of carbonyl (C=O) groups excluding carboxylic acids is 1. The van der Waals surface area contributed by atoms with Crippen LogP contribution in [0.3, 0.4) is 0 Å². The number of amides is 1. The Balaban J connectivity index is 2.09. The molecule has 1 saturated heterocycles. The van der Waals surface area contributed by atoms with Crippen molar-refractivity contribution >= 4 is 21.6 Å². The van der Waals surface area contributed by atoms with Gasteiger partial charge in [-0.1, -0.05) is 32.9 Å². The Labute approximate surface area is 132 Å². The average molecular weight is 324 g/mol. The van der Waals surface area contributed by atoms with E-state index in [0.717, 1.165) is 6.26 Å². The van der Waals surface area contributed by atoms with Gasteiger partial charge in [0.15, 0.2) is 0 Å². The Morgan fingerprint density at radius 2 is 1.82 bits per heavy atom. The van der Waals surface area contributed by atoms with Gasteiger partial charge in [0.2, 0.25) is 15.9 Å². The average Bonchev–Trinajstić information content (AvgIpc) is 2.87. The molecule has 22 heavy (non-hydrogen) atoms. The van der Waals surface area contributed by atoms with Crippen molar-refractivity contribution in [2.45, 2.75) is 45.1 Å². The molecular formula is C16H24N2O3S. The van der Waals surface area contributed by atoms with E-state index in [1.54, 1.807) is 0 Å². The van der Waals surface area contributed by atoms with Crippen molar-refractivity contribution < 1.29 is 13.2 Å². The van der Waals surface area contributed by atoms with Crippen LogP contribution in [-0.2, 0) is 20.2 Å². The molecule has 1 N–H and O–H groups in total. The van der Waals surface area contributed by atoms with Crippen LogP contribution in [0.25, 0.3) is 0 Å². The van der Waals surface area contributed by atoms with Gasteiger partial charge in [-0.25, -0.2) is 8.42 Å². The first-order valence-electron chi connectivity index (χ1n) is 7.47. The number of carbonyl (C=O) groups is 1. The molecule has 1 fully saturated rings. The van der Waals surface area contributed by atoms with Gasteiger partial charge in [-0.05, 0) is 36.0 Å². The van der Waals surface area contributed by atoms with Crippen molar-refractivity contribution in [2.24, 2.45) is 0 Å². The van der Waals surface area contributed by atoms with Crippen LogP contribution in [0.2, 0.25) is 0 Å². The van der Waals surface area contributed by atoms with Gasteiger partial charge in [-0.2, -0.15) is 4.31 Å². The second-order valence-electron chi connectivity index (χ2n) is 6.85. The standard InChI is InChI=1S/C16H24N2O3S/c1-16(2,3)12-7-9-13(10-8-12)17-15(19)14-6-5-11-18(14)22(4,20)21/h7-10,14H,5-6,11H2,1-4H3,(H,17,19)/t14-/m0/s1. The number of benzene rings is 1. The first kappa shape index (κ1) is 17.0. The monoisotopic (exact) mass is 324 g/mol. The fraction of sp³-hybridized carbons (Fsp3) is 0.562. The highest BCUT2D eigenvalue weighted by Gasteiger charge is 2.36. The molecule has 1 amide bonds. The third-order valence-electron chi connectivity index (χ3n) is 3.95. The zero-order valence-corrected chi connectivity index (χ0v) is 14.4. The molecule has 0 saturated carbocycles. The number of sulfonamides is 1. The highest BCUT2D eigenvalue weighted by atomic mass is 32.2. The van der Waals surface area contributed by atoms with Crippen molar-refractivity contribution in [3.63, 3.8) is 0 Å². The molecule has 0 unspecified atom stereocenters. The molecule has 1 aromatic carbocycles. The largest absolute Gasteiger partial charge is 0.325 e. The molecule has 1 atom stereocenters. The zero-order valence-electron chi connectivity index (χ0n) is 13.6. The Kier molecular flexibility index (Phi) is 4.63. The van der Waals surface area contributed by atoms with Gasteiger partial charge in [-0.3, -0.25) is 4.79 Å². The molecule has 1 heterocycles. The van der Waals surface area contributed by atoms with Crippen molar-refractivity contribution in [3.05, 3.63) is 29.8 Å². The molecule has 0 spiro atoms. The lowest BCUT2D eigenvalue weighted by Crippen LogP contribution is -2.42. The lowest BCUT2D eigenvalue weighted by atomic mass is 9.87. The van der Waals surface area contributed by atoms with Crippen LogP contribution in [0.4, 0.5) is 5.69 Å². The maximum absolute atomic E-state index is 12.3. The Hall–Kier alpha value is -1.40. The summed E-state index contributed by atoms with van der Waals surface area (Å²) in [6.07, 6.45) is 2.43. The Morgan fingerprint density at radius 1 is 1.23 bits per heavy atom. The van der Waals surface area contributed by atoms with E-state index >= 15 is 0 Å². The Morgan fingerprint density at radius 3 is 2.32 bits per heavy atom. The summed E-state index contributed by atoms with van der Waals surface area (Å²) in [6.45, 7) is 6.80. The number of nitrogens with one attached hydrogen (secondary N) is 1. The minimum absolute atomic E-state index is 0.0566. The number of hydrogen-bond acceptors (Lipinski definition) is 3. The van der Waals surface area contributed by atoms with Gasteiger partial charge in [0, 0.05) is 12.2 Å². The summed E-state index contributed by atoms with van der Waals surface area (Å²) in [5, 5.41) is 2.82. The number of anilines is 1. The molecule has 6 heteroatoms. The summed E-state index contributed by atoms with van der Waals surface area (Å²) in [5.41, 5.74) is 1.93. The summed E-state index contributed by atoms with van der Waals surface area (Å²) < 4.78 is 24.7. The molecule has 122 valence electrons. The van der Waals surface area contributed by atoms with E-state index in [1.807, 2.05) is 24.3 Å². The van der Waals surface area contributed by atoms with Crippen molar-refractivity contribution in [3.8, 4) is 0 Å². The smallest absolute Gasteiger partial charge is 0.242 e. The van der Waals surface area contributed by atoms with Gasteiger partial charge in [0.1, 0.15) is 6.04 Å². The van der Waals surface area contributed by atoms with Crippen molar-refractivity contribution in [2.75, 3.05) is 18.1 Å². The maximum atomic E-state index is 12.3. The highest BCUT2D eigenvalue weighted by molar-refractivity contribution is 7.88. The van der Waals surface area contributed by atoms with Gasteiger partial charge in [0.25, 0.3) is 0 Å². The minimum Gasteiger partial charge on any atom is -0.325 e. The summed E-state index contributed by atoms with van der Waals surface area (Å²) >= 11 is 0. The van der Waals surface area contributed by atoms with E-state index in [4.69, 9.17) is 0 Å². The molecule has 0 bridgehead atoms. The first-order chi connectivity index (χ1) is 10.1. The summed E-state index contributed by atoms with van der Waals surface area (Å²) in [4.78, 5) is 12.3. The fourth-order valence-corrected chi connectivity index (χ4v) is 3.80. The third kappa shape index (κ3) is 3.87. The van der Waals surface area contributed by atoms with E-state index in [2.05, 4.69) is 26.1 Å². The van der Waals surface area contributed by atoms with E-state index in [0.29, 0.717) is 25.1 Å². The van der Waals surface area contributed by atoms with Gasteiger partial charge in [-0.15, -0.1) is 0 Å². The lowest BCUT2D eigenvalue weighted by Gasteiger charge is -2.22. The first-order valence-corrected chi connectivity index (χ1v) is 9.32. The van der Waals surface area contributed by atoms with Crippen LogP contribution in [0, 0.1) is 0 Å². The second-order valence-corrected chi connectivity index (χ2v) is 8.78. The van der Waals surface area contributed by atoms with Gasteiger partial charge in [0.05, 0.1) is 6.26 Å². The fourth-order valence-electron chi connectivity index (χ4n) is 2.68. The zero-order chi connectivity index (χ0) is 16.5. The molecule has 0 aliphatic carbocycles. The number of rotatable bonds is 3. The van der Waals surface area contributed by atoms with Crippen LogP contribution in [-0.4, -0.2) is 37.5 Å². The van der Waals surface area contributed by atoms with E-state index in [-0.39, 0.29) is 11.3 Å². The molecule has 1 aliphatic heterocycles. The van der Waals surface area contributed by atoms with Crippen LogP contribution in [0.15, 0.2) is 24.3 Å². The number of nitrogens with zero attached hydrogens (tertiary/aromatic N) is 1. The maximum Gasteiger partial charge on any atom is 0.242 e. The van der Waals surface area contributed by atoms with Crippen LogP contribution < -0.4 is 5.32 Å². The molecule has 1 aromatic rings. The second kappa shape index (κ2) is 6.01. The molecular weight excluding hydrogens is 300 g/mol. The molecule has 1 aliphatic rings. The normalized spacial score (nSPS) is 20.1. The Bertz CT molecular complexity index is 645. The molecule has 2 rings (SSSR count). The van der Waals surface area contributed by atoms with Crippen molar-refractivity contribution in [1.82, 2.24) is 4.31 Å². The lowest BCUT2D eigenvalue weighted by molar-refractivity contribution is -0.119. The minimum atomic E-state index is -3.34.